The van der Waals surface area contributed by atoms with E-state index in [1.165, 1.54) is 12.1 Å². The molecule has 1 amide bonds. The Morgan fingerprint density at radius 3 is 2.50 bits per heavy atom. The van der Waals surface area contributed by atoms with Crippen LogP contribution in [0.2, 0.25) is 0 Å². The molecule has 0 spiro atoms. The van der Waals surface area contributed by atoms with Crippen molar-refractivity contribution in [3.8, 4) is 0 Å². The Morgan fingerprint density at radius 1 is 1.11 bits per heavy atom. The summed E-state index contributed by atoms with van der Waals surface area (Å²) in [6.07, 6.45) is 0. The summed E-state index contributed by atoms with van der Waals surface area (Å²) < 4.78 is 34.2. The molecule has 1 aromatic heterocycles. The summed E-state index contributed by atoms with van der Waals surface area (Å²) in [7, 11) is -3.70. The van der Waals surface area contributed by atoms with Crippen LogP contribution >= 0.6 is 15.9 Å². The third-order valence-corrected chi connectivity index (χ3v) is 6.20. The molecule has 0 aliphatic rings. The van der Waals surface area contributed by atoms with E-state index >= 15 is 0 Å². The Hall–Kier alpha value is -2.16. The van der Waals surface area contributed by atoms with E-state index in [0.29, 0.717) is 16.8 Å². The maximum atomic E-state index is 12.7. The Labute approximate surface area is 172 Å². The molecule has 2 N–H and O–H groups in total. The standard InChI is InChI=1S/C20H21BrN2O4S/c1-12-16-10-13(21)8-9-17(16)27-18(12)19(24)22-14-6-5-7-15(11-14)28(25,26)23-20(2,3)4/h5-11,23H,1-4H3,(H,22,24). The molecule has 3 rings (SSSR count). The molecule has 1 heterocycles. The molecule has 0 saturated heterocycles. The van der Waals surface area contributed by atoms with E-state index in [4.69, 9.17) is 4.42 Å². The van der Waals surface area contributed by atoms with E-state index in [9.17, 15) is 13.2 Å². The Morgan fingerprint density at radius 2 is 1.82 bits per heavy atom. The molecule has 148 valence electrons. The number of hydrogen-bond donors (Lipinski definition) is 2. The Kier molecular flexibility index (Phi) is 5.40. The van der Waals surface area contributed by atoms with Gasteiger partial charge >= 0.3 is 0 Å². The minimum atomic E-state index is -3.70. The average Bonchev–Trinajstić information content (AvgIpc) is 2.90. The molecule has 0 radical (unpaired) electrons. The highest BCUT2D eigenvalue weighted by molar-refractivity contribution is 9.10. The molecule has 0 saturated carbocycles. The number of furan rings is 1. The van der Waals surface area contributed by atoms with Gasteiger partial charge in [0.25, 0.3) is 5.91 Å². The topological polar surface area (TPSA) is 88.4 Å². The summed E-state index contributed by atoms with van der Waals surface area (Å²) >= 11 is 3.41. The smallest absolute Gasteiger partial charge is 0.291 e. The summed E-state index contributed by atoms with van der Waals surface area (Å²) in [6.45, 7) is 7.10. The Bertz CT molecular complexity index is 1160. The first-order valence-corrected chi connectivity index (χ1v) is 10.9. The Balaban J connectivity index is 1.89. The lowest BCUT2D eigenvalue weighted by molar-refractivity contribution is 0.0998. The lowest BCUT2D eigenvalue weighted by Crippen LogP contribution is -2.40. The lowest BCUT2D eigenvalue weighted by Gasteiger charge is -2.20. The van der Waals surface area contributed by atoms with Crippen molar-refractivity contribution in [1.82, 2.24) is 4.72 Å². The van der Waals surface area contributed by atoms with Gasteiger partial charge < -0.3 is 9.73 Å². The second-order valence-corrected chi connectivity index (χ2v) is 10.1. The third-order valence-electron chi connectivity index (χ3n) is 3.95. The van der Waals surface area contributed by atoms with Gasteiger partial charge in [-0.15, -0.1) is 0 Å². The van der Waals surface area contributed by atoms with Crippen molar-refractivity contribution in [2.45, 2.75) is 38.1 Å². The molecular formula is C20H21BrN2O4S. The van der Waals surface area contributed by atoms with Gasteiger partial charge in [-0.3, -0.25) is 4.79 Å². The average molecular weight is 465 g/mol. The van der Waals surface area contributed by atoms with Gasteiger partial charge in [-0.1, -0.05) is 22.0 Å². The number of sulfonamides is 1. The predicted octanol–water partition coefficient (Wildman–Crippen LogP) is 4.83. The zero-order valence-corrected chi connectivity index (χ0v) is 18.4. The van der Waals surface area contributed by atoms with Gasteiger partial charge in [-0.2, -0.15) is 0 Å². The third kappa shape index (κ3) is 4.45. The highest BCUT2D eigenvalue weighted by atomic mass is 79.9. The van der Waals surface area contributed by atoms with E-state index in [1.54, 1.807) is 45.9 Å². The van der Waals surface area contributed by atoms with Gasteiger partial charge in [-0.25, -0.2) is 13.1 Å². The molecule has 28 heavy (non-hydrogen) atoms. The summed E-state index contributed by atoms with van der Waals surface area (Å²) in [5, 5.41) is 3.55. The largest absolute Gasteiger partial charge is 0.451 e. The number of carbonyl (C=O) groups is 1. The number of rotatable bonds is 4. The maximum Gasteiger partial charge on any atom is 0.291 e. The van der Waals surface area contributed by atoms with Gasteiger partial charge in [0.15, 0.2) is 5.76 Å². The van der Waals surface area contributed by atoms with Crippen LogP contribution in [0.15, 0.2) is 56.2 Å². The number of carbonyl (C=O) groups excluding carboxylic acids is 1. The number of hydrogen-bond acceptors (Lipinski definition) is 4. The van der Waals surface area contributed by atoms with E-state index in [2.05, 4.69) is 26.0 Å². The fourth-order valence-corrected chi connectivity index (χ4v) is 4.63. The van der Waals surface area contributed by atoms with Crippen LogP contribution in [-0.4, -0.2) is 19.9 Å². The molecule has 0 unspecified atom stereocenters. The number of benzene rings is 2. The molecule has 6 nitrogen and oxygen atoms in total. The molecular weight excluding hydrogens is 444 g/mol. The molecule has 8 heteroatoms. The number of anilines is 1. The molecule has 3 aromatic rings. The number of amides is 1. The first kappa shape index (κ1) is 20.6. The molecule has 0 fully saturated rings. The number of aryl methyl sites for hydroxylation is 1. The fraction of sp³-hybridized carbons (Fsp3) is 0.250. The lowest BCUT2D eigenvalue weighted by atomic mass is 10.1. The summed E-state index contributed by atoms with van der Waals surface area (Å²) in [4.78, 5) is 12.8. The molecule has 0 aliphatic carbocycles. The van der Waals surface area contributed by atoms with Crippen molar-refractivity contribution in [2.24, 2.45) is 0 Å². The predicted molar refractivity (Wildman–Crippen MR) is 113 cm³/mol. The first-order valence-electron chi connectivity index (χ1n) is 8.60. The zero-order chi connectivity index (χ0) is 20.7. The second kappa shape index (κ2) is 7.35. The second-order valence-electron chi connectivity index (χ2n) is 7.53. The number of nitrogens with one attached hydrogen (secondary N) is 2. The van der Waals surface area contributed by atoms with Gasteiger partial charge in [-0.05, 0) is 64.1 Å². The van der Waals surface area contributed by atoms with Crippen LogP contribution in [0.1, 0.15) is 36.9 Å². The highest BCUT2D eigenvalue weighted by Crippen LogP contribution is 2.29. The summed E-state index contributed by atoms with van der Waals surface area (Å²) in [5.74, 6) is -0.252. The number of halogens is 1. The monoisotopic (exact) mass is 464 g/mol. The maximum absolute atomic E-state index is 12.7. The van der Waals surface area contributed by atoms with Crippen LogP contribution in [0.3, 0.4) is 0 Å². The molecule has 0 bridgehead atoms. The zero-order valence-electron chi connectivity index (χ0n) is 16.0. The van der Waals surface area contributed by atoms with E-state index in [0.717, 1.165) is 9.86 Å². The van der Waals surface area contributed by atoms with Crippen LogP contribution < -0.4 is 10.0 Å². The fourth-order valence-electron chi connectivity index (χ4n) is 2.80. The van der Waals surface area contributed by atoms with Gasteiger partial charge in [0.2, 0.25) is 10.0 Å². The van der Waals surface area contributed by atoms with E-state index in [-0.39, 0.29) is 10.7 Å². The molecule has 0 atom stereocenters. The van der Waals surface area contributed by atoms with Crippen molar-refractivity contribution >= 4 is 48.5 Å². The quantitative estimate of drug-likeness (QED) is 0.578. The van der Waals surface area contributed by atoms with Crippen LogP contribution in [0.25, 0.3) is 11.0 Å². The summed E-state index contributed by atoms with van der Waals surface area (Å²) in [5.41, 5.74) is 1.07. The van der Waals surface area contributed by atoms with Gasteiger partial charge in [0.1, 0.15) is 5.58 Å². The first-order chi connectivity index (χ1) is 13.0. The van der Waals surface area contributed by atoms with E-state index in [1.807, 2.05) is 12.1 Å². The minimum Gasteiger partial charge on any atom is -0.451 e. The minimum absolute atomic E-state index is 0.0745. The van der Waals surface area contributed by atoms with Crippen LogP contribution in [0.5, 0.6) is 0 Å². The van der Waals surface area contributed by atoms with Crippen molar-refractivity contribution < 1.29 is 17.6 Å². The van der Waals surface area contributed by atoms with Crippen molar-refractivity contribution in [2.75, 3.05) is 5.32 Å². The van der Waals surface area contributed by atoms with Crippen LogP contribution in [0, 0.1) is 6.92 Å². The molecule has 2 aromatic carbocycles. The summed E-state index contributed by atoms with van der Waals surface area (Å²) in [6, 6.07) is 11.6. The normalized spacial score (nSPS) is 12.3. The van der Waals surface area contributed by atoms with Gasteiger partial charge in [0, 0.05) is 26.6 Å². The molecule has 0 aliphatic heterocycles. The number of fused-ring (bicyclic) bond motifs is 1. The van der Waals surface area contributed by atoms with E-state index < -0.39 is 21.5 Å². The van der Waals surface area contributed by atoms with Crippen molar-refractivity contribution in [1.29, 1.82) is 0 Å². The van der Waals surface area contributed by atoms with Crippen LogP contribution in [-0.2, 0) is 10.0 Å². The SMILES string of the molecule is Cc1c(C(=O)Nc2cccc(S(=O)(=O)NC(C)(C)C)c2)oc2ccc(Br)cc12. The highest BCUT2D eigenvalue weighted by Gasteiger charge is 2.23. The van der Waals surface area contributed by atoms with Crippen molar-refractivity contribution in [3.05, 3.63) is 58.3 Å². The van der Waals surface area contributed by atoms with Crippen molar-refractivity contribution in [3.63, 3.8) is 0 Å². The van der Waals surface area contributed by atoms with Gasteiger partial charge in [0.05, 0.1) is 4.90 Å². The van der Waals surface area contributed by atoms with Crippen LogP contribution in [0.4, 0.5) is 5.69 Å².